The zero-order chi connectivity index (χ0) is 27.3. The Morgan fingerprint density at radius 2 is 1.84 bits per heavy atom. The van der Waals surface area contributed by atoms with Crippen molar-refractivity contribution >= 4 is 40.7 Å². The van der Waals surface area contributed by atoms with Gasteiger partial charge in [0.25, 0.3) is 5.91 Å². The minimum atomic E-state index is -0.744. The number of hydrogen-bond acceptors (Lipinski definition) is 6. The lowest BCUT2D eigenvalue weighted by Gasteiger charge is -2.29. The number of rotatable bonds is 6. The topological polar surface area (TPSA) is 76.4 Å². The zero-order valence-electron chi connectivity index (χ0n) is 21.4. The number of halogens is 3. The first kappa shape index (κ1) is 25.9. The van der Waals surface area contributed by atoms with E-state index in [4.69, 9.17) is 27.9 Å². The first-order chi connectivity index (χ1) is 18.1. The van der Waals surface area contributed by atoms with Gasteiger partial charge in [0.2, 0.25) is 11.8 Å². The number of ether oxygens (including phenoxy) is 1. The molecule has 0 bridgehead atoms. The van der Waals surface area contributed by atoms with Crippen LogP contribution < -0.4 is 14.5 Å². The highest BCUT2D eigenvalue weighted by atomic mass is 35.5. The third-order valence-corrected chi connectivity index (χ3v) is 6.91. The number of nitrogens with zero attached hydrogens (tertiary/aromatic N) is 6. The number of methoxy groups -OCH3 is 1. The Balaban J connectivity index is 1.78. The van der Waals surface area contributed by atoms with E-state index in [1.807, 2.05) is 32.5 Å². The smallest absolute Gasteiger partial charge is 0.261 e. The fraction of sp³-hybridized carbons (Fsp3) is 0.259. The van der Waals surface area contributed by atoms with Gasteiger partial charge < -0.3 is 14.2 Å². The molecule has 0 spiro atoms. The maximum absolute atomic E-state index is 15.3. The predicted octanol–water partition coefficient (Wildman–Crippen LogP) is 6.19. The van der Waals surface area contributed by atoms with Crippen LogP contribution in [-0.2, 0) is 0 Å². The first-order valence-corrected chi connectivity index (χ1v) is 12.6. The van der Waals surface area contributed by atoms with E-state index in [1.165, 1.54) is 30.3 Å². The normalized spacial score (nSPS) is 14.8. The van der Waals surface area contributed by atoms with E-state index in [1.54, 1.807) is 35.4 Å². The Labute approximate surface area is 229 Å². The Kier molecular flexibility index (Phi) is 6.75. The summed E-state index contributed by atoms with van der Waals surface area (Å²) < 4.78 is 22.9. The summed E-state index contributed by atoms with van der Waals surface area (Å²) in [6.07, 6.45) is 3.19. The van der Waals surface area contributed by atoms with Crippen molar-refractivity contribution in [2.45, 2.75) is 25.9 Å². The van der Waals surface area contributed by atoms with Gasteiger partial charge in [-0.25, -0.2) is 9.37 Å². The number of carbonyl (C=O) groups excluding carboxylic acids is 1. The van der Waals surface area contributed by atoms with Crippen LogP contribution in [-0.4, -0.2) is 46.6 Å². The number of benzene rings is 1. The number of pyridine rings is 1. The molecule has 0 fully saturated rings. The molecule has 0 radical (unpaired) electrons. The maximum atomic E-state index is 15.3. The van der Waals surface area contributed by atoms with Crippen LogP contribution in [0, 0.1) is 5.82 Å². The monoisotopic (exact) mass is 554 g/mol. The Morgan fingerprint density at radius 1 is 1.08 bits per heavy atom. The molecular weight excluding hydrogens is 530 g/mol. The minimum Gasteiger partial charge on any atom is -0.480 e. The molecule has 1 amide bonds. The molecule has 0 saturated heterocycles. The van der Waals surface area contributed by atoms with Gasteiger partial charge in [-0.05, 0) is 44.2 Å². The average molecular weight is 555 g/mol. The SMILES string of the molecule is COc1nc(N(C)C)ncc1-c1cc2c(n1C(C)C)C(c1ccc(Cl)cn1)N(c1cccc(Cl)c1F)C2=O. The van der Waals surface area contributed by atoms with Gasteiger partial charge in [0.05, 0.1) is 51.1 Å². The van der Waals surface area contributed by atoms with E-state index in [0.717, 1.165) is 0 Å². The lowest BCUT2D eigenvalue weighted by molar-refractivity contribution is 0.0992. The summed E-state index contributed by atoms with van der Waals surface area (Å²) in [4.78, 5) is 30.7. The maximum Gasteiger partial charge on any atom is 0.261 e. The van der Waals surface area contributed by atoms with Crippen LogP contribution in [0.3, 0.4) is 0 Å². The van der Waals surface area contributed by atoms with Gasteiger partial charge in [0.15, 0.2) is 5.82 Å². The number of anilines is 2. The lowest BCUT2D eigenvalue weighted by Crippen LogP contribution is -2.31. The lowest BCUT2D eigenvalue weighted by atomic mass is 10.1. The van der Waals surface area contributed by atoms with Gasteiger partial charge in [0, 0.05) is 32.5 Å². The fourth-order valence-electron chi connectivity index (χ4n) is 4.78. The van der Waals surface area contributed by atoms with Crippen molar-refractivity contribution in [1.82, 2.24) is 19.5 Å². The highest BCUT2D eigenvalue weighted by Gasteiger charge is 2.45. The predicted molar refractivity (Wildman–Crippen MR) is 146 cm³/mol. The molecule has 4 aromatic rings. The summed E-state index contributed by atoms with van der Waals surface area (Å²) in [6, 6.07) is 8.95. The van der Waals surface area contributed by atoms with Crippen LogP contribution >= 0.6 is 23.2 Å². The van der Waals surface area contributed by atoms with Crippen molar-refractivity contribution in [2.75, 3.05) is 31.0 Å². The van der Waals surface area contributed by atoms with E-state index >= 15 is 4.39 Å². The quantitative estimate of drug-likeness (QED) is 0.283. The molecule has 1 aliphatic heterocycles. The van der Waals surface area contributed by atoms with Gasteiger partial charge in [-0.1, -0.05) is 29.3 Å². The van der Waals surface area contributed by atoms with E-state index < -0.39 is 11.9 Å². The molecule has 38 heavy (non-hydrogen) atoms. The van der Waals surface area contributed by atoms with Crippen LogP contribution in [0.15, 0.2) is 48.8 Å². The molecule has 4 heterocycles. The highest BCUT2D eigenvalue weighted by Crippen LogP contribution is 2.47. The molecule has 5 rings (SSSR count). The second-order valence-electron chi connectivity index (χ2n) is 9.33. The molecular formula is C27H25Cl2FN6O2. The van der Waals surface area contributed by atoms with Crippen LogP contribution in [0.1, 0.15) is 47.7 Å². The fourth-order valence-corrected chi connectivity index (χ4v) is 5.06. The first-order valence-electron chi connectivity index (χ1n) is 11.9. The van der Waals surface area contributed by atoms with Crippen molar-refractivity contribution in [2.24, 2.45) is 0 Å². The largest absolute Gasteiger partial charge is 0.480 e. The van der Waals surface area contributed by atoms with Crippen molar-refractivity contribution < 1.29 is 13.9 Å². The van der Waals surface area contributed by atoms with E-state index in [-0.39, 0.29) is 22.7 Å². The molecule has 196 valence electrons. The Bertz CT molecular complexity index is 1540. The number of amides is 1. The van der Waals surface area contributed by atoms with E-state index in [0.29, 0.717) is 45.1 Å². The molecule has 11 heteroatoms. The zero-order valence-corrected chi connectivity index (χ0v) is 22.9. The molecule has 1 unspecified atom stereocenters. The molecule has 8 nitrogen and oxygen atoms in total. The molecule has 1 aliphatic rings. The summed E-state index contributed by atoms with van der Waals surface area (Å²) in [6.45, 7) is 4.01. The van der Waals surface area contributed by atoms with Crippen molar-refractivity contribution in [3.63, 3.8) is 0 Å². The van der Waals surface area contributed by atoms with E-state index in [2.05, 4.69) is 15.0 Å². The second-order valence-corrected chi connectivity index (χ2v) is 10.2. The van der Waals surface area contributed by atoms with Gasteiger partial charge in [-0.2, -0.15) is 4.98 Å². The van der Waals surface area contributed by atoms with Gasteiger partial charge >= 0.3 is 0 Å². The molecule has 0 aliphatic carbocycles. The van der Waals surface area contributed by atoms with Crippen molar-refractivity contribution in [1.29, 1.82) is 0 Å². The van der Waals surface area contributed by atoms with Crippen molar-refractivity contribution in [3.05, 3.63) is 81.6 Å². The average Bonchev–Trinajstić information content (AvgIpc) is 3.41. The number of aromatic nitrogens is 4. The number of fused-ring (bicyclic) bond motifs is 1. The summed E-state index contributed by atoms with van der Waals surface area (Å²) in [5.41, 5.74) is 2.98. The van der Waals surface area contributed by atoms with Crippen LogP contribution in [0.5, 0.6) is 5.88 Å². The summed E-state index contributed by atoms with van der Waals surface area (Å²) in [5, 5.41) is 0.367. The highest BCUT2D eigenvalue weighted by molar-refractivity contribution is 6.31. The minimum absolute atomic E-state index is 0.0635. The van der Waals surface area contributed by atoms with Crippen LogP contribution in [0.2, 0.25) is 10.0 Å². The third-order valence-electron chi connectivity index (χ3n) is 6.39. The van der Waals surface area contributed by atoms with Gasteiger partial charge in [-0.3, -0.25) is 14.7 Å². The summed E-state index contributed by atoms with van der Waals surface area (Å²) in [5.74, 6) is -0.207. The van der Waals surface area contributed by atoms with Crippen molar-refractivity contribution in [3.8, 4) is 17.1 Å². The molecule has 0 N–H and O–H groups in total. The number of carbonyl (C=O) groups is 1. The van der Waals surface area contributed by atoms with Gasteiger partial charge in [-0.15, -0.1) is 0 Å². The summed E-state index contributed by atoms with van der Waals surface area (Å²) in [7, 11) is 5.22. The summed E-state index contributed by atoms with van der Waals surface area (Å²) >= 11 is 12.2. The third kappa shape index (κ3) is 4.16. The van der Waals surface area contributed by atoms with Crippen LogP contribution in [0.25, 0.3) is 11.3 Å². The van der Waals surface area contributed by atoms with Gasteiger partial charge in [0.1, 0.15) is 6.04 Å². The number of hydrogen-bond donors (Lipinski definition) is 0. The standard InChI is InChI=1S/C27H25Cl2FN6O2/c1-14(2)35-21(17-13-32-27(34(3)4)33-25(17)38-5)11-16-23(35)24(19-10-9-15(28)12-31-19)36(26(16)37)20-8-6-7-18(29)22(20)30/h6-14,24H,1-5H3. The molecule has 3 aromatic heterocycles. The molecule has 1 aromatic carbocycles. The molecule has 1 atom stereocenters. The Hall–Kier alpha value is -3.69. The van der Waals surface area contributed by atoms with Crippen LogP contribution in [0.4, 0.5) is 16.0 Å². The second kappa shape index (κ2) is 9.89. The van der Waals surface area contributed by atoms with E-state index in [9.17, 15) is 4.79 Å². The Morgan fingerprint density at radius 3 is 2.47 bits per heavy atom. The molecule has 0 saturated carbocycles.